The lowest BCUT2D eigenvalue weighted by Crippen LogP contribution is -2.32. The topological polar surface area (TPSA) is 19.9 Å². The fourth-order valence-corrected chi connectivity index (χ4v) is 11.6. The third-order valence-electron chi connectivity index (χ3n) is 11.7. The van der Waals surface area contributed by atoms with Crippen LogP contribution >= 0.6 is 0 Å². The van der Waals surface area contributed by atoms with Gasteiger partial charge in [0.25, 0.3) is 0 Å². The second-order valence-corrected chi connectivity index (χ2v) is 22.5. The van der Waals surface area contributed by atoms with Crippen molar-refractivity contribution in [1.82, 2.24) is 0 Å². The molecule has 0 atom stereocenters. The molecule has 0 N–H and O–H groups in total. The monoisotopic (exact) mass is 720 g/mol. The first kappa shape index (κ1) is 50.2. The summed E-state index contributed by atoms with van der Waals surface area (Å²) in [6.07, 6.45) is 50.4. The summed E-state index contributed by atoms with van der Waals surface area (Å²) < 4.78 is 0. The molecule has 50 heavy (non-hydrogen) atoms. The summed E-state index contributed by atoms with van der Waals surface area (Å²) in [5.41, 5.74) is 0. The number of rotatable bonds is 42. The van der Waals surface area contributed by atoms with Gasteiger partial charge < -0.3 is 0 Å². The maximum Gasteiger partial charge on any atom is 0.237 e. The Labute approximate surface area is 320 Å². The van der Waals surface area contributed by atoms with Crippen LogP contribution < -0.4 is 0 Å². The van der Waals surface area contributed by atoms with Gasteiger partial charge in [-0.15, -0.1) is 0 Å². The van der Waals surface area contributed by atoms with Crippen LogP contribution in [0.25, 0.3) is 0 Å². The van der Waals surface area contributed by atoms with Crippen LogP contribution in [0.5, 0.6) is 0 Å². The van der Waals surface area contributed by atoms with Gasteiger partial charge >= 0.3 is 0 Å². The molecule has 0 heterocycles. The van der Waals surface area contributed by atoms with Crippen molar-refractivity contribution in [2.45, 2.75) is 291 Å². The zero-order valence-corrected chi connectivity index (χ0v) is 37.2. The molecular formula is C48H99OSi. The highest BCUT2D eigenvalue weighted by atomic mass is 28.4. The average molecular weight is 720 g/mol. The molecule has 1 nitrogen and oxygen atoms in total. The summed E-state index contributed by atoms with van der Waals surface area (Å²) >= 11 is 0. The standard InChI is InChI=1S/C48H99OSi/c1-46(2)40-34-28-22-16-10-7-13-19-25-31-37-43-50(49,44-38-32-26-20-14-8-11-17-23-29-35-41-47(3)4)45-39-33-27-21-15-9-12-18-24-30-36-42-48(5)6/h46-48H,7-45H2,1-6H3. The molecule has 0 aliphatic carbocycles. The SMILES string of the molecule is CC(C)CCCCCCCCCCCCC[Si]([O])(CCCCCCCCCCCCCC(C)C)CCCCCCCCCCCCCC(C)C. The van der Waals surface area contributed by atoms with Gasteiger partial charge in [-0.2, -0.15) is 0 Å². The van der Waals surface area contributed by atoms with Gasteiger partial charge in [0, 0.05) is 0 Å². The summed E-state index contributed by atoms with van der Waals surface area (Å²) in [4.78, 5) is 14.2. The molecule has 0 aromatic carbocycles. The Morgan fingerprint density at radius 2 is 0.380 bits per heavy atom. The highest BCUT2D eigenvalue weighted by Crippen LogP contribution is 2.29. The summed E-state index contributed by atoms with van der Waals surface area (Å²) in [6, 6.07) is 3.24. The molecule has 0 aromatic rings. The van der Waals surface area contributed by atoms with Gasteiger partial charge in [0.2, 0.25) is 8.32 Å². The van der Waals surface area contributed by atoms with E-state index in [1.54, 1.807) is 0 Å². The Bertz CT molecular complexity index is 544. The molecule has 0 spiro atoms. The van der Waals surface area contributed by atoms with Crippen molar-refractivity contribution in [2.75, 3.05) is 0 Å². The summed E-state index contributed by atoms with van der Waals surface area (Å²) in [6.45, 7) is 14.1. The smallest absolute Gasteiger partial charge is 0.237 e. The lowest BCUT2D eigenvalue weighted by atomic mass is 10.0. The third-order valence-corrected chi connectivity index (χ3v) is 15.5. The van der Waals surface area contributed by atoms with Crippen LogP contribution in [-0.2, 0) is 4.80 Å². The largest absolute Gasteiger partial charge is 0.297 e. The first-order valence-electron chi connectivity index (χ1n) is 24.0. The fourth-order valence-electron chi connectivity index (χ4n) is 8.15. The van der Waals surface area contributed by atoms with Gasteiger partial charge in [-0.3, -0.25) is 4.80 Å². The van der Waals surface area contributed by atoms with E-state index in [0.717, 1.165) is 35.9 Å². The van der Waals surface area contributed by atoms with Crippen molar-refractivity contribution in [3.8, 4) is 0 Å². The number of hydrogen-bond donors (Lipinski definition) is 0. The molecule has 0 aliphatic heterocycles. The average Bonchev–Trinajstić information content (AvgIpc) is 3.07. The Morgan fingerprint density at radius 3 is 0.540 bits per heavy atom. The lowest BCUT2D eigenvalue weighted by molar-refractivity contribution is 0.397. The molecule has 0 saturated heterocycles. The molecule has 0 saturated carbocycles. The van der Waals surface area contributed by atoms with Crippen molar-refractivity contribution < 1.29 is 4.80 Å². The molecular weight excluding hydrogens is 621 g/mol. The van der Waals surface area contributed by atoms with E-state index in [1.165, 1.54) is 231 Å². The fraction of sp³-hybridized carbons (Fsp3) is 1.00. The van der Waals surface area contributed by atoms with E-state index in [0.29, 0.717) is 0 Å². The van der Waals surface area contributed by atoms with E-state index in [4.69, 9.17) is 0 Å². The Morgan fingerprint density at radius 1 is 0.240 bits per heavy atom. The zero-order chi connectivity index (χ0) is 36.8. The van der Waals surface area contributed by atoms with Crippen molar-refractivity contribution in [1.29, 1.82) is 0 Å². The maximum absolute atomic E-state index is 14.2. The van der Waals surface area contributed by atoms with Crippen LogP contribution in [0.2, 0.25) is 18.1 Å². The number of hydrogen-bond acceptors (Lipinski definition) is 0. The number of unbranched alkanes of at least 4 members (excludes halogenated alkanes) is 30. The zero-order valence-electron chi connectivity index (χ0n) is 36.2. The van der Waals surface area contributed by atoms with E-state index in [9.17, 15) is 4.80 Å². The van der Waals surface area contributed by atoms with Crippen LogP contribution in [0.15, 0.2) is 0 Å². The van der Waals surface area contributed by atoms with Crippen LogP contribution in [0.1, 0.15) is 273 Å². The van der Waals surface area contributed by atoms with Gasteiger partial charge in [0.15, 0.2) is 0 Å². The molecule has 0 rings (SSSR count). The Hall–Kier alpha value is 0.177. The molecule has 1 radical (unpaired) electrons. The van der Waals surface area contributed by atoms with E-state index in [1.807, 2.05) is 0 Å². The van der Waals surface area contributed by atoms with Gasteiger partial charge in [0.05, 0.1) is 0 Å². The molecule has 0 amide bonds. The molecule has 0 unspecified atom stereocenters. The van der Waals surface area contributed by atoms with Crippen LogP contribution in [0.3, 0.4) is 0 Å². The van der Waals surface area contributed by atoms with Crippen LogP contribution in [0.4, 0.5) is 0 Å². The minimum absolute atomic E-state index is 0.872. The van der Waals surface area contributed by atoms with E-state index in [2.05, 4.69) is 41.5 Å². The Balaban J connectivity index is 4.10. The molecule has 0 fully saturated rings. The molecule has 0 bridgehead atoms. The first-order valence-corrected chi connectivity index (χ1v) is 26.5. The van der Waals surface area contributed by atoms with Crippen molar-refractivity contribution >= 4 is 8.32 Å². The van der Waals surface area contributed by atoms with E-state index < -0.39 is 8.32 Å². The molecule has 2 heteroatoms. The van der Waals surface area contributed by atoms with Crippen molar-refractivity contribution in [2.24, 2.45) is 17.8 Å². The lowest BCUT2D eigenvalue weighted by Gasteiger charge is -2.23. The molecule has 0 aromatic heterocycles. The molecule has 301 valence electrons. The molecule has 0 aliphatic rings. The summed E-state index contributed by atoms with van der Waals surface area (Å²) in [5, 5.41) is 0. The van der Waals surface area contributed by atoms with Gasteiger partial charge in [-0.05, 0) is 35.9 Å². The van der Waals surface area contributed by atoms with Crippen molar-refractivity contribution in [3.05, 3.63) is 0 Å². The maximum atomic E-state index is 14.2. The predicted octanol–water partition coefficient (Wildman–Crippen LogP) is 18.4. The predicted molar refractivity (Wildman–Crippen MR) is 232 cm³/mol. The van der Waals surface area contributed by atoms with Gasteiger partial charge in [0.1, 0.15) is 0 Å². The van der Waals surface area contributed by atoms with Crippen LogP contribution in [-0.4, -0.2) is 8.32 Å². The van der Waals surface area contributed by atoms with Gasteiger partial charge in [-0.1, -0.05) is 273 Å². The minimum Gasteiger partial charge on any atom is -0.297 e. The van der Waals surface area contributed by atoms with Crippen molar-refractivity contribution in [3.63, 3.8) is 0 Å². The Kier molecular flexibility index (Phi) is 39.0. The van der Waals surface area contributed by atoms with E-state index in [-0.39, 0.29) is 0 Å². The third kappa shape index (κ3) is 40.9. The van der Waals surface area contributed by atoms with Crippen LogP contribution in [0, 0.1) is 17.8 Å². The normalized spacial score (nSPS) is 12.4. The minimum atomic E-state index is -2.31. The quantitative estimate of drug-likeness (QED) is 0.0442. The van der Waals surface area contributed by atoms with Gasteiger partial charge in [-0.25, -0.2) is 0 Å². The summed E-state index contributed by atoms with van der Waals surface area (Å²) in [5.74, 6) is 2.62. The second kappa shape index (κ2) is 38.9. The highest BCUT2D eigenvalue weighted by Gasteiger charge is 2.31. The summed E-state index contributed by atoms with van der Waals surface area (Å²) in [7, 11) is -2.31. The highest BCUT2D eigenvalue weighted by molar-refractivity contribution is 6.72. The second-order valence-electron chi connectivity index (χ2n) is 18.6. The first-order chi connectivity index (χ1) is 24.2. The van der Waals surface area contributed by atoms with E-state index >= 15 is 0 Å².